The molecule has 0 bridgehead atoms. The molecule has 0 aliphatic carbocycles. The van der Waals surface area contributed by atoms with Crippen LogP contribution in [0.15, 0.2) is 15.6 Å². The molecule has 1 fully saturated rings. The van der Waals surface area contributed by atoms with Gasteiger partial charge in [0.2, 0.25) is 0 Å². The van der Waals surface area contributed by atoms with Gasteiger partial charge < -0.3 is 19.5 Å². The van der Waals surface area contributed by atoms with E-state index in [0.29, 0.717) is 25.6 Å². The fourth-order valence-corrected chi connectivity index (χ4v) is 3.43. The molecule has 1 aromatic heterocycles. The van der Waals surface area contributed by atoms with Crippen LogP contribution in [0.25, 0.3) is 0 Å². The molecule has 2 heterocycles. The lowest BCUT2D eigenvalue weighted by atomic mass is 9.98. The summed E-state index contributed by atoms with van der Waals surface area (Å²) in [5.74, 6) is 1.82. The number of rotatable bonds is 7. The summed E-state index contributed by atoms with van der Waals surface area (Å²) in [7, 11) is 1.76. The van der Waals surface area contributed by atoms with E-state index in [2.05, 4.69) is 34.2 Å². The minimum atomic E-state index is -0.113. The maximum atomic E-state index is 12.0. The van der Waals surface area contributed by atoms with E-state index in [1.54, 1.807) is 7.05 Å². The summed E-state index contributed by atoms with van der Waals surface area (Å²) in [6.45, 7) is 8.63. The third-order valence-corrected chi connectivity index (χ3v) is 4.95. The van der Waals surface area contributed by atoms with Gasteiger partial charge in [-0.3, -0.25) is 9.79 Å². The zero-order valence-corrected chi connectivity index (χ0v) is 19.2. The van der Waals surface area contributed by atoms with Crippen LogP contribution in [0.4, 0.5) is 0 Å². The molecule has 1 atom stereocenters. The van der Waals surface area contributed by atoms with E-state index in [0.717, 1.165) is 49.6 Å². The van der Waals surface area contributed by atoms with Gasteiger partial charge in [-0.1, -0.05) is 19.0 Å². The molecule has 1 unspecified atom stereocenters. The first-order valence-electron chi connectivity index (χ1n) is 9.70. The van der Waals surface area contributed by atoms with Gasteiger partial charge in [-0.2, -0.15) is 0 Å². The molecule has 1 aliphatic heterocycles. The van der Waals surface area contributed by atoms with E-state index < -0.39 is 0 Å². The van der Waals surface area contributed by atoms with Crippen molar-refractivity contribution in [3.8, 4) is 0 Å². The summed E-state index contributed by atoms with van der Waals surface area (Å²) in [6.07, 6.45) is 3.93. The van der Waals surface area contributed by atoms with Crippen molar-refractivity contribution in [3.05, 3.63) is 17.5 Å². The van der Waals surface area contributed by atoms with Crippen LogP contribution in [0.2, 0.25) is 0 Å². The maximum absolute atomic E-state index is 12.0. The van der Waals surface area contributed by atoms with Gasteiger partial charge in [0.1, 0.15) is 0 Å². The van der Waals surface area contributed by atoms with Crippen molar-refractivity contribution in [2.24, 2.45) is 10.9 Å². The lowest BCUT2D eigenvalue weighted by Crippen LogP contribution is -2.48. The molecule has 0 spiro atoms. The number of nitrogens with one attached hydrogen (secondary N) is 1. The molecule has 8 heteroatoms. The number of hydrogen-bond donors (Lipinski definition) is 1. The van der Waals surface area contributed by atoms with E-state index in [1.165, 1.54) is 0 Å². The van der Waals surface area contributed by atoms with E-state index in [-0.39, 0.29) is 35.9 Å². The van der Waals surface area contributed by atoms with Gasteiger partial charge in [0.05, 0.1) is 24.8 Å². The van der Waals surface area contributed by atoms with Crippen molar-refractivity contribution < 1.29 is 14.1 Å². The zero-order chi connectivity index (χ0) is 18.9. The highest BCUT2D eigenvalue weighted by Crippen LogP contribution is 2.22. The molecule has 27 heavy (non-hydrogen) atoms. The van der Waals surface area contributed by atoms with E-state index in [1.807, 2.05) is 13.0 Å². The average Bonchev–Trinajstić information content (AvgIpc) is 3.12. The molecular weight excluding hydrogens is 459 g/mol. The van der Waals surface area contributed by atoms with Gasteiger partial charge in [-0.25, -0.2) is 0 Å². The number of halogens is 1. The van der Waals surface area contributed by atoms with Crippen molar-refractivity contribution in [3.63, 3.8) is 0 Å². The molecule has 154 valence electrons. The number of piperidine rings is 1. The lowest BCUT2D eigenvalue weighted by Gasteiger charge is -2.33. The van der Waals surface area contributed by atoms with Crippen LogP contribution in [0.5, 0.6) is 0 Å². The first-order chi connectivity index (χ1) is 12.6. The van der Waals surface area contributed by atoms with Crippen LogP contribution in [0, 0.1) is 5.92 Å². The molecule has 0 amide bonds. The van der Waals surface area contributed by atoms with E-state index in [4.69, 9.17) is 9.26 Å². The molecule has 7 nitrogen and oxygen atoms in total. The highest BCUT2D eigenvalue weighted by Gasteiger charge is 2.28. The van der Waals surface area contributed by atoms with Crippen molar-refractivity contribution in [2.75, 3.05) is 26.7 Å². The standard InChI is InChI=1S/C19H32N4O3.HI/c1-5-14(6-2)17-11-16(26-22-17)12-21-19(20-4)23-10-8-9-15(13-23)18(24)25-7-3;/h11,14-15H,5-10,12-13H2,1-4H3,(H,20,21);1H. The minimum absolute atomic E-state index is 0. The quantitative estimate of drug-likeness (QED) is 0.272. The molecule has 0 aromatic carbocycles. The van der Waals surface area contributed by atoms with Gasteiger partial charge in [-0.15, -0.1) is 24.0 Å². The summed E-state index contributed by atoms with van der Waals surface area (Å²) in [5.41, 5.74) is 1.02. The lowest BCUT2D eigenvalue weighted by molar-refractivity contribution is -0.149. The Balaban J connectivity index is 0.00000364. The van der Waals surface area contributed by atoms with Crippen molar-refractivity contribution in [1.29, 1.82) is 0 Å². The molecule has 2 rings (SSSR count). The Kier molecular flexibility index (Phi) is 10.7. The Bertz CT molecular complexity index is 602. The van der Waals surface area contributed by atoms with Gasteiger partial charge in [0.25, 0.3) is 0 Å². The highest BCUT2D eigenvalue weighted by atomic mass is 127. The second-order valence-electron chi connectivity index (χ2n) is 6.67. The number of carbonyl (C=O) groups excluding carboxylic acids is 1. The van der Waals surface area contributed by atoms with Crippen LogP contribution in [0.3, 0.4) is 0 Å². The Morgan fingerprint density at radius 1 is 1.44 bits per heavy atom. The largest absolute Gasteiger partial charge is 0.466 e. The minimum Gasteiger partial charge on any atom is -0.466 e. The van der Waals surface area contributed by atoms with Crippen LogP contribution in [-0.4, -0.2) is 48.7 Å². The van der Waals surface area contributed by atoms with Crippen molar-refractivity contribution in [1.82, 2.24) is 15.4 Å². The average molecular weight is 492 g/mol. The van der Waals surface area contributed by atoms with E-state index in [9.17, 15) is 4.79 Å². The van der Waals surface area contributed by atoms with Crippen LogP contribution in [-0.2, 0) is 16.1 Å². The summed E-state index contributed by atoms with van der Waals surface area (Å²) in [6, 6.07) is 2.02. The van der Waals surface area contributed by atoms with Gasteiger partial charge >= 0.3 is 5.97 Å². The van der Waals surface area contributed by atoms with Gasteiger partial charge in [0.15, 0.2) is 11.7 Å². The number of ether oxygens (including phenoxy) is 1. The fourth-order valence-electron chi connectivity index (χ4n) is 3.43. The first-order valence-corrected chi connectivity index (χ1v) is 9.70. The first kappa shape index (κ1) is 23.7. The maximum Gasteiger partial charge on any atom is 0.310 e. The summed E-state index contributed by atoms with van der Waals surface area (Å²) in [4.78, 5) is 18.5. The van der Waals surface area contributed by atoms with Crippen LogP contribution < -0.4 is 5.32 Å². The Morgan fingerprint density at radius 2 is 2.19 bits per heavy atom. The number of hydrogen-bond acceptors (Lipinski definition) is 5. The number of esters is 1. The predicted molar refractivity (Wildman–Crippen MR) is 116 cm³/mol. The number of likely N-dealkylation sites (tertiary alicyclic amines) is 1. The monoisotopic (exact) mass is 492 g/mol. The molecule has 1 N–H and O–H groups in total. The molecule has 1 aromatic rings. The Morgan fingerprint density at radius 3 is 2.81 bits per heavy atom. The second kappa shape index (κ2) is 12.2. The SMILES string of the molecule is CCOC(=O)C1CCCN(C(=NC)NCc2cc(C(CC)CC)no2)C1.I. The number of aliphatic imine (C=N–C) groups is 1. The molecular formula is C19H33IN4O3. The van der Waals surface area contributed by atoms with E-state index >= 15 is 0 Å². The zero-order valence-electron chi connectivity index (χ0n) is 16.9. The molecule has 1 aliphatic rings. The molecule has 0 radical (unpaired) electrons. The third kappa shape index (κ3) is 6.65. The second-order valence-corrected chi connectivity index (χ2v) is 6.67. The Hall–Kier alpha value is -1.32. The smallest absolute Gasteiger partial charge is 0.310 e. The molecule has 1 saturated heterocycles. The number of nitrogens with zero attached hydrogens (tertiary/aromatic N) is 3. The van der Waals surface area contributed by atoms with Gasteiger partial charge in [-0.05, 0) is 32.6 Å². The normalized spacial score (nSPS) is 17.6. The van der Waals surface area contributed by atoms with Gasteiger partial charge in [0, 0.05) is 32.1 Å². The Labute approximate surface area is 179 Å². The highest BCUT2D eigenvalue weighted by molar-refractivity contribution is 14.0. The summed E-state index contributed by atoms with van der Waals surface area (Å²) in [5, 5.41) is 7.53. The molecule has 0 saturated carbocycles. The summed E-state index contributed by atoms with van der Waals surface area (Å²) < 4.78 is 10.6. The van der Waals surface area contributed by atoms with Crippen molar-refractivity contribution in [2.45, 2.75) is 58.9 Å². The van der Waals surface area contributed by atoms with Crippen LogP contribution >= 0.6 is 24.0 Å². The number of carbonyl (C=O) groups is 1. The predicted octanol–water partition coefficient (Wildman–Crippen LogP) is 3.55. The van der Waals surface area contributed by atoms with Crippen LogP contribution in [0.1, 0.15) is 63.8 Å². The topological polar surface area (TPSA) is 80.0 Å². The number of guanidine groups is 1. The third-order valence-electron chi connectivity index (χ3n) is 4.95. The van der Waals surface area contributed by atoms with Crippen molar-refractivity contribution >= 4 is 35.9 Å². The fraction of sp³-hybridized carbons (Fsp3) is 0.737. The summed E-state index contributed by atoms with van der Waals surface area (Å²) >= 11 is 0. The number of aromatic nitrogens is 1.